The number of nitrogens with one attached hydrogen (secondary N) is 1. The molecular weight excluding hydrogens is 278 g/mol. The molecule has 0 spiro atoms. The van der Waals surface area contributed by atoms with Crippen LogP contribution in [0.15, 0.2) is 23.4 Å². The largest absolute Gasteiger partial charge is 0.393 e. The van der Waals surface area contributed by atoms with Crippen LogP contribution in [0.3, 0.4) is 0 Å². The molecule has 6 nitrogen and oxygen atoms in total. The monoisotopic (exact) mass is 299 g/mol. The Labute approximate surface area is 119 Å². The van der Waals surface area contributed by atoms with Gasteiger partial charge in [-0.1, -0.05) is 0 Å². The molecule has 1 aromatic heterocycles. The minimum absolute atomic E-state index is 0.180. The Morgan fingerprint density at radius 2 is 2.10 bits per heavy atom. The van der Waals surface area contributed by atoms with E-state index in [-0.39, 0.29) is 16.9 Å². The van der Waals surface area contributed by atoms with E-state index in [9.17, 15) is 13.5 Å². The molecule has 1 saturated heterocycles. The lowest BCUT2D eigenvalue weighted by atomic mass is 9.93. The van der Waals surface area contributed by atoms with Crippen molar-refractivity contribution >= 4 is 15.7 Å². The Bertz CT molecular complexity index is 552. The lowest BCUT2D eigenvalue weighted by Gasteiger charge is -2.32. The molecule has 0 amide bonds. The van der Waals surface area contributed by atoms with Gasteiger partial charge in [0.2, 0.25) is 10.0 Å². The average molecular weight is 299 g/mol. The van der Waals surface area contributed by atoms with Crippen molar-refractivity contribution in [1.82, 2.24) is 9.29 Å². The lowest BCUT2D eigenvalue weighted by Crippen LogP contribution is -2.40. The van der Waals surface area contributed by atoms with Crippen molar-refractivity contribution in [3.63, 3.8) is 0 Å². The maximum atomic E-state index is 12.6. The summed E-state index contributed by atoms with van der Waals surface area (Å²) in [6.07, 6.45) is 3.93. The number of rotatable bonds is 4. The highest BCUT2D eigenvalue weighted by atomic mass is 32.2. The molecular formula is C13H21N3O3S. The standard InChI is InChI=1S/C13H21N3O3S/c1-10(17)11-4-7-16(8-5-11)20(18,19)13-9-15-6-3-12(13)14-2/h3,6,9-11,17H,4-5,7-8H2,1-2H3,(H,14,15). The lowest BCUT2D eigenvalue weighted by molar-refractivity contribution is 0.0912. The number of aliphatic hydroxyl groups is 1. The number of aliphatic hydroxyl groups excluding tert-OH is 1. The molecule has 2 N–H and O–H groups in total. The first-order valence-electron chi connectivity index (χ1n) is 6.76. The highest BCUT2D eigenvalue weighted by Crippen LogP contribution is 2.28. The molecule has 1 unspecified atom stereocenters. The number of pyridine rings is 1. The topological polar surface area (TPSA) is 82.5 Å². The van der Waals surface area contributed by atoms with Crippen molar-refractivity contribution in [2.24, 2.45) is 5.92 Å². The van der Waals surface area contributed by atoms with E-state index in [0.717, 1.165) is 0 Å². The van der Waals surface area contributed by atoms with Crippen molar-refractivity contribution in [3.8, 4) is 0 Å². The third kappa shape index (κ3) is 2.94. The molecule has 20 heavy (non-hydrogen) atoms. The van der Waals surface area contributed by atoms with Gasteiger partial charge < -0.3 is 10.4 Å². The van der Waals surface area contributed by atoms with E-state index in [1.807, 2.05) is 0 Å². The Kier molecular flexibility index (Phi) is 4.62. The van der Waals surface area contributed by atoms with Gasteiger partial charge in [-0.15, -0.1) is 0 Å². The van der Waals surface area contributed by atoms with Crippen LogP contribution in [0.4, 0.5) is 5.69 Å². The van der Waals surface area contributed by atoms with Gasteiger partial charge >= 0.3 is 0 Å². The minimum atomic E-state index is -3.53. The summed E-state index contributed by atoms with van der Waals surface area (Å²) in [7, 11) is -1.84. The highest BCUT2D eigenvalue weighted by Gasteiger charge is 2.32. The zero-order valence-electron chi connectivity index (χ0n) is 11.8. The zero-order chi connectivity index (χ0) is 14.8. The molecule has 2 rings (SSSR count). The van der Waals surface area contributed by atoms with E-state index >= 15 is 0 Å². The van der Waals surface area contributed by atoms with E-state index in [0.29, 0.717) is 31.6 Å². The number of hydrogen-bond acceptors (Lipinski definition) is 5. The van der Waals surface area contributed by atoms with Gasteiger partial charge in [0.15, 0.2) is 0 Å². The zero-order valence-corrected chi connectivity index (χ0v) is 12.6. The average Bonchev–Trinajstić information content (AvgIpc) is 2.47. The van der Waals surface area contributed by atoms with Crippen LogP contribution in [-0.2, 0) is 10.0 Å². The van der Waals surface area contributed by atoms with E-state index in [2.05, 4.69) is 10.3 Å². The maximum absolute atomic E-state index is 12.6. The number of piperidine rings is 1. The number of sulfonamides is 1. The molecule has 0 radical (unpaired) electrons. The van der Waals surface area contributed by atoms with Crippen LogP contribution >= 0.6 is 0 Å². The van der Waals surface area contributed by atoms with E-state index in [1.165, 1.54) is 10.5 Å². The summed E-state index contributed by atoms with van der Waals surface area (Å²) in [6.45, 7) is 2.64. The van der Waals surface area contributed by atoms with Gasteiger partial charge in [0.1, 0.15) is 4.90 Å². The molecule has 1 aromatic rings. The predicted octanol–water partition coefficient (Wildman–Crippen LogP) is 0.905. The summed E-state index contributed by atoms with van der Waals surface area (Å²) in [4.78, 5) is 4.12. The SMILES string of the molecule is CNc1ccncc1S(=O)(=O)N1CCC(C(C)O)CC1. The fourth-order valence-corrected chi connectivity index (χ4v) is 4.14. The van der Waals surface area contributed by atoms with Gasteiger partial charge in [0.05, 0.1) is 11.8 Å². The number of nitrogens with zero attached hydrogens (tertiary/aromatic N) is 2. The second-order valence-corrected chi connectivity index (χ2v) is 7.01. The highest BCUT2D eigenvalue weighted by molar-refractivity contribution is 7.89. The molecule has 1 atom stereocenters. The first-order valence-corrected chi connectivity index (χ1v) is 8.21. The van der Waals surface area contributed by atoms with Crippen molar-refractivity contribution in [1.29, 1.82) is 0 Å². The van der Waals surface area contributed by atoms with E-state index in [1.54, 1.807) is 26.2 Å². The van der Waals surface area contributed by atoms with Gasteiger partial charge in [-0.3, -0.25) is 4.98 Å². The van der Waals surface area contributed by atoms with Gasteiger partial charge in [-0.2, -0.15) is 4.31 Å². The molecule has 1 aliphatic rings. The Balaban J connectivity index is 2.20. The van der Waals surface area contributed by atoms with Gasteiger partial charge in [0.25, 0.3) is 0 Å². The van der Waals surface area contributed by atoms with Crippen LogP contribution in [0.25, 0.3) is 0 Å². The molecule has 0 aromatic carbocycles. The molecule has 112 valence electrons. The number of hydrogen-bond donors (Lipinski definition) is 2. The minimum Gasteiger partial charge on any atom is -0.393 e. The van der Waals surface area contributed by atoms with Crippen molar-refractivity contribution in [3.05, 3.63) is 18.5 Å². The van der Waals surface area contributed by atoms with Crippen LogP contribution in [0.2, 0.25) is 0 Å². The van der Waals surface area contributed by atoms with Crippen molar-refractivity contribution < 1.29 is 13.5 Å². The Hall–Kier alpha value is -1.18. The smallest absolute Gasteiger partial charge is 0.246 e. The number of aromatic nitrogens is 1. The van der Waals surface area contributed by atoms with Crippen LogP contribution in [-0.4, -0.2) is 49.1 Å². The van der Waals surface area contributed by atoms with Gasteiger partial charge in [-0.05, 0) is 31.7 Å². The van der Waals surface area contributed by atoms with E-state index < -0.39 is 10.0 Å². The first-order chi connectivity index (χ1) is 9.46. The van der Waals surface area contributed by atoms with Crippen LogP contribution in [0.1, 0.15) is 19.8 Å². The predicted molar refractivity (Wildman–Crippen MR) is 76.9 cm³/mol. The third-order valence-corrected chi connectivity index (χ3v) is 5.78. The summed E-state index contributed by atoms with van der Waals surface area (Å²) >= 11 is 0. The molecule has 0 saturated carbocycles. The maximum Gasteiger partial charge on any atom is 0.246 e. The van der Waals surface area contributed by atoms with Crippen molar-refractivity contribution in [2.45, 2.75) is 30.8 Å². The second kappa shape index (κ2) is 6.07. The Morgan fingerprint density at radius 3 is 2.65 bits per heavy atom. The van der Waals surface area contributed by atoms with E-state index in [4.69, 9.17) is 0 Å². The second-order valence-electron chi connectivity index (χ2n) is 5.10. The van der Waals surface area contributed by atoms with Crippen molar-refractivity contribution in [2.75, 3.05) is 25.5 Å². The normalized spacial score (nSPS) is 19.8. The van der Waals surface area contributed by atoms with Gasteiger partial charge in [0, 0.05) is 32.5 Å². The van der Waals surface area contributed by atoms with Crippen LogP contribution in [0.5, 0.6) is 0 Å². The molecule has 0 bridgehead atoms. The number of anilines is 1. The fraction of sp³-hybridized carbons (Fsp3) is 0.615. The third-order valence-electron chi connectivity index (χ3n) is 3.85. The first kappa shape index (κ1) is 15.2. The summed E-state index contributed by atoms with van der Waals surface area (Å²) in [5.41, 5.74) is 0.553. The molecule has 7 heteroatoms. The van der Waals surface area contributed by atoms with Gasteiger partial charge in [-0.25, -0.2) is 8.42 Å². The molecule has 1 aliphatic heterocycles. The molecule has 0 aliphatic carbocycles. The van der Waals surface area contributed by atoms with Crippen LogP contribution < -0.4 is 5.32 Å². The fourth-order valence-electron chi connectivity index (χ4n) is 2.53. The summed E-state index contributed by atoms with van der Waals surface area (Å²) < 4.78 is 26.7. The summed E-state index contributed by atoms with van der Waals surface area (Å²) in [5.74, 6) is 0.180. The molecule has 2 heterocycles. The summed E-state index contributed by atoms with van der Waals surface area (Å²) in [5, 5.41) is 12.5. The van der Waals surface area contributed by atoms with Crippen LogP contribution in [0, 0.1) is 5.92 Å². The summed E-state index contributed by atoms with van der Waals surface area (Å²) in [6, 6.07) is 1.65. The quantitative estimate of drug-likeness (QED) is 0.863. The molecule has 1 fully saturated rings. The Morgan fingerprint density at radius 1 is 1.45 bits per heavy atom.